The van der Waals surface area contributed by atoms with Crippen LogP contribution in [0.4, 0.5) is 149 Å². The van der Waals surface area contributed by atoms with Crippen LogP contribution < -0.4 is 0 Å². The second kappa shape index (κ2) is 17.3. The van der Waals surface area contributed by atoms with Gasteiger partial charge in [0, 0.05) is 31.5 Å². The molecule has 0 atom stereocenters. The molecule has 0 aliphatic carbocycles. The van der Waals surface area contributed by atoms with Gasteiger partial charge in [0.15, 0.2) is 0 Å². The van der Waals surface area contributed by atoms with Crippen LogP contribution in [-0.4, -0.2) is 119 Å². The Balaban J connectivity index is 3.85. The summed E-state index contributed by atoms with van der Waals surface area (Å²) in [7, 11) is 0. The highest BCUT2D eigenvalue weighted by molar-refractivity contribution is 5.94. The zero-order valence-electron chi connectivity index (χ0n) is 31.7. The molecule has 1 aromatic carbocycles. The molecular weight excluding hydrogens is 1050 g/mol. The maximum Gasteiger partial charge on any atom is 0.460 e. The monoisotopic (exact) mass is 1070 g/mol. The molecule has 0 heterocycles. The molecule has 1 rings (SSSR count). The lowest BCUT2D eigenvalue weighted by Crippen LogP contribution is -2.74. The smallest absolute Gasteiger partial charge is 0.339 e. The van der Waals surface area contributed by atoms with E-state index in [4.69, 9.17) is 0 Å². The lowest BCUT2D eigenvalue weighted by atomic mass is 9.87. The van der Waals surface area contributed by atoms with E-state index in [1.165, 1.54) is 0 Å². The van der Waals surface area contributed by atoms with E-state index in [0.29, 0.717) is 4.90 Å². The van der Waals surface area contributed by atoms with Gasteiger partial charge in [-0.2, -0.15) is 149 Å². The standard InChI is InChI=1S/C31H21F34NO/c1-3-66(4-2)15(67)14-10-12(5-7-16(32,33)18(36,37)20(40,41)22(44,45)24(48,49)26(52,53)28(56,57)30(60,61)62)9-13(11-14)6-8-17(34,35)19(38,39)21(42,43)23(46,47)25(50,51)27(54,55)29(58,59)31(63,64)65/h9-11H,3-8H2,1-2H3. The number of hydrogen-bond acceptors (Lipinski definition) is 1. The third-order valence-corrected chi connectivity index (χ3v) is 9.38. The largest absolute Gasteiger partial charge is 0.460 e. The van der Waals surface area contributed by atoms with Crippen molar-refractivity contribution in [3.05, 3.63) is 34.9 Å². The second-order valence-corrected chi connectivity index (χ2v) is 13.8. The highest BCUT2D eigenvalue weighted by Gasteiger charge is 2.97. The lowest BCUT2D eigenvalue weighted by molar-refractivity contribution is -0.461. The molecule has 0 saturated carbocycles. The van der Waals surface area contributed by atoms with E-state index < -0.39 is 157 Å². The van der Waals surface area contributed by atoms with Crippen LogP contribution in [0.5, 0.6) is 0 Å². The van der Waals surface area contributed by atoms with Gasteiger partial charge in [0.05, 0.1) is 0 Å². The van der Waals surface area contributed by atoms with E-state index in [0.717, 1.165) is 13.8 Å². The molecule has 0 N–H and O–H groups in total. The van der Waals surface area contributed by atoms with Crippen LogP contribution >= 0.6 is 0 Å². The fraction of sp³-hybridized carbons (Fsp3) is 0.774. The second-order valence-electron chi connectivity index (χ2n) is 13.8. The highest BCUT2D eigenvalue weighted by Crippen LogP contribution is 2.66. The molecule has 0 spiro atoms. The number of carbonyl (C=O) groups is 1. The van der Waals surface area contributed by atoms with Crippen LogP contribution in [0.2, 0.25) is 0 Å². The first-order valence-corrected chi connectivity index (χ1v) is 16.8. The van der Waals surface area contributed by atoms with Crippen LogP contribution in [0.15, 0.2) is 18.2 Å². The van der Waals surface area contributed by atoms with Gasteiger partial charge in [0.1, 0.15) is 0 Å². The summed E-state index contributed by atoms with van der Waals surface area (Å²) in [6, 6.07) is -0.0399. The number of hydrogen-bond donors (Lipinski definition) is 0. The Morgan fingerprint density at radius 1 is 0.343 bits per heavy atom. The van der Waals surface area contributed by atoms with Crippen molar-refractivity contribution < 1.29 is 154 Å². The Labute approximate surface area is 348 Å². The third kappa shape index (κ3) is 9.04. The van der Waals surface area contributed by atoms with Crippen molar-refractivity contribution in [1.82, 2.24) is 4.90 Å². The van der Waals surface area contributed by atoms with Crippen LogP contribution in [-0.2, 0) is 12.8 Å². The Morgan fingerprint density at radius 3 is 0.761 bits per heavy atom. The number of benzene rings is 1. The molecule has 0 aliphatic heterocycles. The molecule has 0 bridgehead atoms. The summed E-state index contributed by atoms with van der Waals surface area (Å²) in [6.45, 7) is 1.20. The zero-order valence-corrected chi connectivity index (χ0v) is 31.7. The summed E-state index contributed by atoms with van der Waals surface area (Å²) in [4.78, 5) is 13.4. The van der Waals surface area contributed by atoms with Crippen molar-refractivity contribution in [2.75, 3.05) is 13.1 Å². The molecular formula is C31H21F34NO. The minimum Gasteiger partial charge on any atom is -0.339 e. The fourth-order valence-corrected chi connectivity index (χ4v) is 5.18. The van der Waals surface area contributed by atoms with Crippen LogP contribution in [0.25, 0.3) is 0 Å². The van der Waals surface area contributed by atoms with E-state index in [1.807, 2.05) is 0 Å². The molecule has 0 radical (unpaired) electrons. The third-order valence-electron chi connectivity index (χ3n) is 9.38. The highest BCUT2D eigenvalue weighted by atomic mass is 19.4. The molecule has 0 unspecified atom stereocenters. The molecule has 0 fully saturated rings. The van der Waals surface area contributed by atoms with Gasteiger partial charge in [-0.15, -0.1) is 0 Å². The van der Waals surface area contributed by atoms with Crippen molar-refractivity contribution in [3.8, 4) is 0 Å². The Hall–Kier alpha value is -3.69. The minimum absolute atomic E-state index is 0.0689. The van der Waals surface area contributed by atoms with Gasteiger partial charge in [-0.25, -0.2) is 0 Å². The number of nitrogens with zero attached hydrogens (tertiary/aromatic N) is 1. The van der Waals surface area contributed by atoms with Crippen molar-refractivity contribution >= 4 is 5.91 Å². The predicted molar refractivity (Wildman–Crippen MR) is 152 cm³/mol. The summed E-state index contributed by atoms with van der Waals surface area (Å²) in [6.07, 6.45) is -27.4. The molecule has 0 aliphatic rings. The van der Waals surface area contributed by atoms with Gasteiger partial charge in [0.25, 0.3) is 5.91 Å². The normalized spacial score (nSPS) is 15.9. The summed E-state index contributed by atoms with van der Waals surface area (Å²) < 4.78 is 465. The summed E-state index contributed by atoms with van der Waals surface area (Å²) in [5.74, 6) is -121. The van der Waals surface area contributed by atoms with Gasteiger partial charge in [-0.3, -0.25) is 4.79 Å². The zero-order chi connectivity index (χ0) is 54.3. The van der Waals surface area contributed by atoms with Gasteiger partial charge in [-0.1, -0.05) is 6.07 Å². The molecule has 394 valence electrons. The molecule has 0 saturated heterocycles. The fourth-order valence-electron chi connectivity index (χ4n) is 5.18. The van der Waals surface area contributed by atoms with Crippen molar-refractivity contribution in [1.29, 1.82) is 0 Å². The summed E-state index contributed by atoms with van der Waals surface area (Å²) in [5, 5.41) is 0. The number of alkyl halides is 34. The molecule has 1 aromatic rings. The van der Waals surface area contributed by atoms with Gasteiger partial charge in [-0.05, 0) is 49.9 Å². The number of halogens is 34. The SMILES string of the molecule is CCN(CC)C(=O)c1cc(CCC(F)(F)C(F)(F)C(F)(F)C(F)(F)C(F)(F)C(F)(F)C(F)(F)C(F)(F)F)cc(CCC(F)(F)C(F)(F)C(F)(F)C(F)(F)C(F)(F)C(F)(F)C(F)(F)C(F)(F)F)c1. The van der Waals surface area contributed by atoms with E-state index in [2.05, 4.69) is 0 Å². The summed E-state index contributed by atoms with van der Waals surface area (Å²) >= 11 is 0. The predicted octanol–water partition coefficient (Wildman–Crippen LogP) is 14.1. The quantitative estimate of drug-likeness (QED) is 0.112. The lowest BCUT2D eigenvalue weighted by Gasteiger charge is -2.42. The first kappa shape index (κ1) is 61.3. The maximum atomic E-state index is 14.6. The topological polar surface area (TPSA) is 20.3 Å². The summed E-state index contributed by atoms with van der Waals surface area (Å²) in [5.41, 5.74) is -4.21. The van der Waals surface area contributed by atoms with Crippen LogP contribution in [0.1, 0.15) is 48.2 Å². The number of aryl methyl sites for hydroxylation is 2. The first-order valence-electron chi connectivity index (χ1n) is 16.8. The van der Waals surface area contributed by atoms with Crippen LogP contribution in [0.3, 0.4) is 0 Å². The first-order chi connectivity index (χ1) is 28.9. The van der Waals surface area contributed by atoms with Gasteiger partial charge in [0.2, 0.25) is 0 Å². The van der Waals surface area contributed by atoms with Gasteiger partial charge >= 0.3 is 95.3 Å². The number of amides is 1. The average molecular weight is 1070 g/mol. The molecule has 0 aromatic heterocycles. The molecule has 67 heavy (non-hydrogen) atoms. The van der Waals surface area contributed by atoms with Crippen molar-refractivity contribution in [2.45, 2.75) is 135 Å². The van der Waals surface area contributed by atoms with Crippen molar-refractivity contribution in [3.63, 3.8) is 0 Å². The average Bonchev–Trinajstić information content (AvgIpc) is 3.14. The Kier molecular flexibility index (Phi) is 15.8. The molecule has 1 amide bonds. The molecule has 2 nitrogen and oxygen atoms in total. The van der Waals surface area contributed by atoms with E-state index in [-0.39, 0.29) is 18.2 Å². The maximum absolute atomic E-state index is 14.6. The number of carbonyl (C=O) groups excluding carboxylic acids is 1. The Morgan fingerprint density at radius 2 is 0.552 bits per heavy atom. The molecule has 36 heteroatoms. The van der Waals surface area contributed by atoms with Crippen molar-refractivity contribution in [2.24, 2.45) is 0 Å². The van der Waals surface area contributed by atoms with E-state index in [1.54, 1.807) is 0 Å². The van der Waals surface area contributed by atoms with E-state index >= 15 is 0 Å². The Bertz CT molecular complexity index is 1780. The minimum atomic E-state index is -9.04. The van der Waals surface area contributed by atoms with Gasteiger partial charge < -0.3 is 4.90 Å². The van der Waals surface area contributed by atoms with E-state index in [9.17, 15) is 154 Å². The number of rotatable bonds is 21. The van der Waals surface area contributed by atoms with Crippen LogP contribution in [0, 0.1) is 0 Å².